The van der Waals surface area contributed by atoms with Crippen LogP contribution in [0.3, 0.4) is 0 Å². The average Bonchev–Trinajstić information content (AvgIpc) is 2.98. The van der Waals surface area contributed by atoms with E-state index in [9.17, 15) is 4.79 Å². The van der Waals surface area contributed by atoms with Crippen molar-refractivity contribution in [3.8, 4) is 11.5 Å². The van der Waals surface area contributed by atoms with Gasteiger partial charge in [-0.15, -0.1) is 11.3 Å². The third-order valence-corrected chi connectivity index (χ3v) is 6.07. The van der Waals surface area contributed by atoms with Crippen LogP contribution < -0.4 is 15.0 Å². The van der Waals surface area contributed by atoms with Crippen molar-refractivity contribution in [1.82, 2.24) is 14.5 Å². The summed E-state index contributed by atoms with van der Waals surface area (Å²) in [5, 5.41) is 9.67. The molecule has 0 bridgehead atoms. The first-order chi connectivity index (χ1) is 14.1. The average molecular weight is 416 g/mol. The van der Waals surface area contributed by atoms with Crippen molar-refractivity contribution in [2.45, 2.75) is 26.4 Å². The summed E-state index contributed by atoms with van der Waals surface area (Å²) in [6.07, 6.45) is 0.747. The number of aromatic nitrogens is 2. The number of benzene rings is 1. The van der Waals surface area contributed by atoms with Gasteiger partial charge in [-0.1, -0.05) is 6.07 Å². The maximum atomic E-state index is 12.9. The van der Waals surface area contributed by atoms with E-state index in [0.717, 1.165) is 52.5 Å². The molecule has 7 nitrogen and oxygen atoms in total. The minimum atomic E-state index is -0.0378. The Balaban J connectivity index is 1.50. The highest BCUT2D eigenvalue weighted by molar-refractivity contribution is 7.18. The summed E-state index contributed by atoms with van der Waals surface area (Å²) in [4.78, 5) is 21.9. The minimum absolute atomic E-state index is 0.0378. The van der Waals surface area contributed by atoms with Crippen LogP contribution in [0.1, 0.15) is 16.3 Å². The highest BCUT2D eigenvalue weighted by Gasteiger charge is 2.19. The van der Waals surface area contributed by atoms with E-state index < -0.39 is 0 Å². The van der Waals surface area contributed by atoms with Crippen LogP contribution in [-0.2, 0) is 19.5 Å². The lowest BCUT2D eigenvalue weighted by molar-refractivity contribution is 0.196. The number of ether oxygens (including phenoxy) is 2. The molecule has 3 heterocycles. The van der Waals surface area contributed by atoms with E-state index in [1.165, 1.54) is 0 Å². The predicted molar refractivity (Wildman–Crippen MR) is 113 cm³/mol. The lowest BCUT2D eigenvalue weighted by atomic mass is 10.2. The number of hydrogen-bond acceptors (Lipinski definition) is 7. The summed E-state index contributed by atoms with van der Waals surface area (Å²) >= 11 is 1.58. The van der Waals surface area contributed by atoms with Crippen LogP contribution >= 0.6 is 11.3 Å². The molecule has 29 heavy (non-hydrogen) atoms. The van der Waals surface area contributed by atoms with Crippen LogP contribution in [0, 0.1) is 6.92 Å². The minimum Gasteiger partial charge on any atom is -0.493 e. The Morgan fingerprint density at radius 3 is 2.86 bits per heavy atom. The lowest BCUT2D eigenvalue weighted by Crippen LogP contribution is -2.28. The molecule has 1 aliphatic heterocycles. The zero-order valence-corrected chi connectivity index (χ0v) is 17.5. The number of rotatable bonds is 6. The molecule has 0 spiro atoms. The summed E-state index contributed by atoms with van der Waals surface area (Å²) < 4.78 is 12.8. The van der Waals surface area contributed by atoms with E-state index in [4.69, 9.17) is 19.6 Å². The van der Waals surface area contributed by atoms with Crippen LogP contribution in [0.5, 0.6) is 11.5 Å². The second-order valence-corrected chi connectivity index (χ2v) is 8.38. The fraction of sp³-hybridized carbons (Fsp3) is 0.429. The maximum absolute atomic E-state index is 12.9. The van der Waals surface area contributed by atoms with Crippen molar-refractivity contribution in [3.63, 3.8) is 0 Å². The standard InChI is InChI=1S/C21H25N3O4S/c1-14-11-16-20(29-14)22-19-5-6-23(7-8-24(19)21(16)26)13-15-3-4-17(28-10-9-25)18(12-15)27-2/h3-4,11-12,25H,5-10,13H2,1-2H3. The van der Waals surface area contributed by atoms with Gasteiger partial charge < -0.3 is 14.6 Å². The first kappa shape index (κ1) is 19.9. The predicted octanol–water partition coefficient (Wildman–Crippen LogP) is 2.20. The molecule has 0 radical (unpaired) electrons. The van der Waals surface area contributed by atoms with Crippen molar-refractivity contribution in [2.75, 3.05) is 33.4 Å². The Kier molecular flexibility index (Phi) is 5.84. The molecule has 0 saturated carbocycles. The molecule has 0 amide bonds. The first-order valence-corrected chi connectivity index (χ1v) is 10.5. The van der Waals surface area contributed by atoms with Crippen molar-refractivity contribution in [2.24, 2.45) is 0 Å². The SMILES string of the molecule is COc1cc(CN2CCc3nc4sc(C)cc4c(=O)n3CC2)ccc1OCCO. The molecule has 4 rings (SSSR count). The zero-order chi connectivity index (χ0) is 20.4. The number of nitrogens with zero attached hydrogens (tertiary/aromatic N) is 3. The molecule has 8 heteroatoms. The smallest absolute Gasteiger partial charge is 0.262 e. The highest BCUT2D eigenvalue weighted by Crippen LogP contribution is 2.29. The summed E-state index contributed by atoms with van der Waals surface area (Å²) in [7, 11) is 1.61. The zero-order valence-electron chi connectivity index (χ0n) is 16.7. The Morgan fingerprint density at radius 2 is 2.07 bits per heavy atom. The normalized spacial score (nSPS) is 14.6. The van der Waals surface area contributed by atoms with E-state index in [1.807, 2.05) is 35.8 Å². The van der Waals surface area contributed by atoms with E-state index in [0.29, 0.717) is 18.0 Å². The van der Waals surface area contributed by atoms with Gasteiger partial charge in [0, 0.05) is 37.5 Å². The number of aliphatic hydroxyl groups excluding tert-OH is 1. The molecule has 1 N–H and O–H groups in total. The number of fused-ring (bicyclic) bond motifs is 2. The lowest BCUT2D eigenvalue weighted by Gasteiger charge is -2.20. The maximum Gasteiger partial charge on any atom is 0.262 e. The third kappa shape index (κ3) is 4.14. The topological polar surface area (TPSA) is 76.8 Å². The van der Waals surface area contributed by atoms with E-state index in [-0.39, 0.29) is 18.8 Å². The van der Waals surface area contributed by atoms with Crippen molar-refractivity contribution in [3.05, 3.63) is 50.9 Å². The fourth-order valence-corrected chi connectivity index (χ4v) is 4.60. The van der Waals surface area contributed by atoms with Crippen molar-refractivity contribution >= 4 is 21.6 Å². The fourth-order valence-electron chi connectivity index (χ4n) is 3.71. The van der Waals surface area contributed by atoms with Gasteiger partial charge >= 0.3 is 0 Å². The monoisotopic (exact) mass is 415 g/mol. The number of aliphatic hydroxyl groups is 1. The molecule has 2 aromatic heterocycles. The van der Waals surface area contributed by atoms with E-state index in [1.54, 1.807) is 18.4 Å². The molecule has 0 fully saturated rings. The number of hydrogen-bond donors (Lipinski definition) is 1. The van der Waals surface area contributed by atoms with Crippen LogP contribution in [0.2, 0.25) is 0 Å². The largest absolute Gasteiger partial charge is 0.493 e. The number of methoxy groups -OCH3 is 1. The van der Waals surface area contributed by atoms with Crippen LogP contribution in [0.4, 0.5) is 0 Å². The second-order valence-electron chi connectivity index (χ2n) is 7.14. The van der Waals surface area contributed by atoms with Gasteiger partial charge in [0.15, 0.2) is 11.5 Å². The molecular formula is C21H25N3O4S. The van der Waals surface area contributed by atoms with E-state index >= 15 is 0 Å². The van der Waals surface area contributed by atoms with Gasteiger partial charge in [-0.05, 0) is 30.7 Å². The summed E-state index contributed by atoms with van der Waals surface area (Å²) in [5.41, 5.74) is 1.18. The Bertz CT molecular complexity index is 1080. The summed E-state index contributed by atoms with van der Waals surface area (Å²) in [5.74, 6) is 2.15. The molecule has 0 unspecified atom stereocenters. The molecule has 154 valence electrons. The van der Waals surface area contributed by atoms with Gasteiger partial charge in [0.05, 0.1) is 19.1 Å². The summed E-state index contributed by atoms with van der Waals surface area (Å²) in [6.45, 7) is 5.23. The van der Waals surface area contributed by atoms with Crippen molar-refractivity contribution in [1.29, 1.82) is 0 Å². The van der Waals surface area contributed by atoms with Gasteiger partial charge in [0.2, 0.25) is 0 Å². The third-order valence-electron chi connectivity index (χ3n) is 5.13. The van der Waals surface area contributed by atoms with Gasteiger partial charge in [0.1, 0.15) is 17.3 Å². The molecule has 0 atom stereocenters. The van der Waals surface area contributed by atoms with Gasteiger partial charge in [-0.2, -0.15) is 0 Å². The van der Waals surface area contributed by atoms with Crippen LogP contribution in [0.25, 0.3) is 10.2 Å². The Morgan fingerprint density at radius 1 is 1.21 bits per heavy atom. The van der Waals surface area contributed by atoms with Crippen LogP contribution in [-0.4, -0.2) is 53.0 Å². The highest BCUT2D eigenvalue weighted by atomic mass is 32.1. The number of aryl methyl sites for hydroxylation is 1. The quantitative estimate of drug-likeness (QED) is 0.665. The van der Waals surface area contributed by atoms with Gasteiger partial charge in [-0.3, -0.25) is 14.3 Å². The number of thiophene rings is 1. The van der Waals surface area contributed by atoms with Gasteiger partial charge in [-0.25, -0.2) is 4.98 Å². The molecule has 1 aliphatic rings. The van der Waals surface area contributed by atoms with Crippen molar-refractivity contribution < 1.29 is 14.6 Å². The van der Waals surface area contributed by atoms with Gasteiger partial charge in [0.25, 0.3) is 5.56 Å². The van der Waals surface area contributed by atoms with E-state index in [2.05, 4.69) is 4.90 Å². The summed E-state index contributed by atoms with van der Waals surface area (Å²) in [6, 6.07) is 7.79. The first-order valence-electron chi connectivity index (χ1n) is 9.72. The molecular weight excluding hydrogens is 390 g/mol. The Hall–Kier alpha value is -2.42. The molecule has 1 aromatic carbocycles. The molecule has 3 aromatic rings. The Labute approximate surface area is 173 Å². The second kappa shape index (κ2) is 8.52. The molecule has 0 aliphatic carbocycles. The van der Waals surface area contributed by atoms with Crippen LogP contribution in [0.15, 0.2) is 29.1 Å². The molecule has 0 saturated heterocycles.